The minimum Gasteiger partial charge on any atom is -0.480 e. The summed E-state index contributed by atoms with van der Waals surface area (Å²) < 4.78 is 76.4. The Morgan fingerprint density at radius 3 is 2.18 bits per heavy atom. The minimum absolute atomic E-state index is 0.199. The van der Waals surface area contributed by atoms with Gasteiger partial charge in [0.05, 0.1) is 10.5 Å². The van der Waals surface area contributed by atoms with Gasteiger partial charge in [-0.25, -0.2) is 12.8 Å². The highest BCUT2D eigenvalue weighted by Crippen LogP contribution is 2.32. The Morgan fingerprint density at radius 1 is 1.27 bits per heavy atom. The normalized spacial score (nSPS) is 14.1. The van der Waals surface area contributed by atoms with Crippen LogP contribution in [0.1, 0.15) is 19.4 Å². The van der Waals surface area contributed by atoms with E-state index in [0.717, 1.165) is 0 Å². The molecule has 0 aromatic heterocycles. The molecule has 0 aliphatic carbocycles. The number of halogens is 4. The van der Waals surface area contributed by atoms with Gasteiger partial charge < -0.3 is 5.11 Å². The van der Waals surface area contributed by atoms with E-state index in [1.54, 1.807) is 0 Å². The van der Waals surface area contributed by atoms with Crippen LogP contribution in [0.5, 0.6) is 0 Å². The van der Waals surface area contributed by atoms with E-state index in [1.165, 1.54) is 13.8 Å². The number of rotatable bonds is 5. The predicted molar refractivity (Wildman–Crippen MR) is 68.0 cm³/mol. The van der Waals surface area contributed by atoms with Gasteiger partial charge in [-0.15, -0.1) is 0 Å². The smallest absolute Gasteiger partial charge is 0.419 e. The Hall–Kier alpha value is -1.68. The van der Waals surface area contributed by atoms with Gasteiger partial charge in [-0.05, 0) is 24.1 Å². The summed E-state index contributed by atoms with van der Waals surface area (Å²) in [5.41, 5.74) is -1.61. The van der Waals surface area contributed by atoms with Crippen molar-refractivity contribution in [2.24, 2.45) is 5.92 Å². The van der Waals surface area contributed by atoms with Gasteiger partial charge in [-0.2, -0.15) is 17.9 Å². The second kappa shape index (κ2) is 6.21. The van der Waals surface area contributed by atoms with Crippen molar-refractivity contribution in [1.82, 2.24) is 4.72 Å². The van der Waals surface area contributed by atoms with E-state index in [0.29, 0.717) is 6.07 Å². The highest BCUT2D eigenvalue weighted by molar-refractivity contribution is 7.89. The Balaban J connectivity index is 3.19. The molecule has 0 fully saturated rings. The molecule has 22 heavy (non-hydrogen) atoms. The van der Waals surface area contributed by atoms with Crippen LogP contribution in [0.2, 0.25) is 0 Å². The number of nitrogens with one attached hydrogen (secondary N) is 1. The molecule has 0 saturated carbocycles. The zero-order valence-electron chi connectivity index (χ0n) is 11.5. The van der Waals surface area contributed by atoms with Crippen molar-refractivity contribution < 1.29 is 35.9 Å². The fourth-order valence-electron chi connectivity index (χ4n) is 1.60. The number of carbonyl (C=O) groups is 1. The lowest BCUT2D eigenvalue weighted by molar-refractivity contribution is -0.140. The van der Waals surface area contributed by atoms with Gasteiger partial charge in [-0.1, -0.05) is 13.8 Å². The van der Waals surface area contributed by atoms with E-state index in [4.69, 9.17) is 5.11 Å². The SMILES string of the molecule is CC(C)[C@H](NS(=O)(=O)c1ccc(C(F)(F)F)c(F)c1)C(=O)O. The van der Waals surface area contributed by atoms with E-state index >= 15 is 0 Å². The molecule has 0 aliphatic rings. The fourth-order valence-corrected chi connectivity index (χ4v) is 2.95. The second-order valence-corrected chi connectivity index (χ2v) is 6.53. The van der Waals surface area contributed by atoms with Crippen LogP contribution >= 0.6 is 0 Å². The third-order valence-electron chi connectivity index (χ3n) is 2.77. The number of carboxylic acid groups (broad SMARTS) is 1. The van der Waals surface area contributed by atoms with E-state index < -0.39 is 50.4 Å². The molecule has 2 N–H and O–H groups in total. The van der Waals surface area contributed by atoms with Gasteiger partial charge in [0, 0.05) is 0 Å². The Bertz CT molecular complexity index is 670. The van der Waals surface area contributed by atoms with Crippen LogP contribution in [0.3, 0.4) is 0 Å². The van der Waals surface area contributed by atoms with Gasteiger partial charge >= 0.3 is 12.1 Å². The Morgan fingerprint density at radius 2 is 1.82 bits per heavy atom. The summed E-state index contributed by atoms with van der Waals surface area (Å²) in [6.07, 6.45) is -4.96. The van der Waals surface area contributed by atoms with Crippen LogP contribution in [0, 0.1) is 11.7 Å². The average molecular weight is 343 g/mol. The summed E-state index contributed by atoms with van der Waals surface area (Å²) in [5.74, 6) is -3.83. The lowest BCUT2D eigenvalue weighted by atomic mass is 10.1. The summed E-state index contributed by atoms with van der Waals surface area (Å²) in [7, 11) is -4.47. The van der Waals surface area contributed by atoms with Crippen molar-refractivity contribution in [2.45, 2.75) is 31.0 Å². The first-order valence-electron chi connectivity index (χ1n) is 5.98. The third-order valence-corrected chi connectivity index (χ3v) is 4.21. The first-order valence-corrected chi connectivity index (χ1v) is 7.46. The summed E-state index contributed by atoms with van der Waals surface area (Å²) in [6, 6.07) is -0.442. The van der Waals surface area contributed by atoms with Crippen molar-refractivity contribution >= 4 is 16.0 Å². The lowest BCUT2D eigenvalue weighted by Gasteiger charge is -2.18. The van der Waals surface area contributed by atoms with Gasteiger partial charge in [-0.3, -0.25) is 4.79 Å². The van der Waals surface area contributed by atoms with Gasteiger partial charge in [0.1, 0.15) is 11.9 Å². The summed E-state index contributed by atoms with van der Waals surface area (Å²) >= 11 is 0. The Kier molecular flexibility index (Phi) is 5.18. The van der Waals surface area contributed by atoms with E-state index in [-0.39, 0.29) is 12.1 Å². The molecular formula is C12H13F4NO4S. The molecule has 0 saturated heterocycles. The van der Waals surface area contributed by atoms with Gasteiger partial charge in [0.2, 0.25) is 10.0 Å². The van der Waals surface area contributed by atoms with Crippen LogP contribution in [-0.2, 0) is 21.0 Å². The molecule has 0 aliphatic heterocycles. The topological polar surface area (TPSA) is 83.5 Å². The lowest BCUT2D eigenvalue weighted by Crippen LogP contribution is -2.44. The number of hydrogen-bond acceptors (Lipinski definition) is 3. The van der Waals surface area contributed by atoms with Crippen molar-refractivity contribution in [1.29, 1.82) is 0 Å². The Labute approximate surface area is 124 Å². The third kappa shape index (κ3) is 4.17. The van der Waals surface area contributed by atoms with Crippen LogP contribution in [0.15, 0.2) is 23.1 Å². The number of benzene rings is 1. The molecular weight excluding hydrogens is 330 g/mol. The molecule has 5 nitrogen and oxygen atoms in total. The van der Waals surface area contributed by atoms with Gasteiger partial charge in [0.25, 0.3) is 0 Å². The number of alkyl halides is 3. The molecule has 1 aromatic carbocycles. The van der Waals surface area contributed by atoms with Crippen LogP contribution < -0.4 is 4.72 Å². The quantitative estimate of drug-likeness (QED) is 0.803. The van der Waals surface area contributed by atoms with Crippen LogP contribution in [0.4, 0.5) is 17.6 Å². The number of hydrogen-bond donors (Lipinski definition) is 2. The molecule has 1 atom stereocenters. The maximum absolute atomic E-state index is 13.4. The molecule has 124 valence electrons. The van der Waals surface area contributed by atoms with Gasteiger partial charge in [0.15, 0.2) is 0 Å². The van der Waals surface area contributed by atoms with Crippen molar-refractivity contribution in [3.8, 4) is 0 Å². The molecule has 0 amide bonds. The first kappa shape index (κ1) is 18.4. The first-order chi connectivity index (χ1) is 9.86. The van der Waals surface area contributed by atoms with Crippen LogP contribution in [-0.4, -0.2) is 25.5 Å². The molecule has 10 heteroatoms. The van der Waals surface area contributed by atoms with E-state index in [2.05, 4.69) is 0 Å². The molecule has 0 spiro atoms. The molecule has 0 radical (unpaired) electrons. The average Bonchev–Trinajstić information content (AvgIpc) is 2.33. The number of carboxylic acids is 1. The fraction of sp³-hybridized carbons (Fsp3) is 0.417. The number of aliphatic carboxylic acids is 1. The maximum Gasteiger partial charge on any atom is 0.419 e. The van der Waals surface area contributed by atoms with E-state index in [9.17, 15) is 30.8 Å². The predicted octanol–water partition coefficient (Wildman–Crippen LogP) is 2.23. The summed E-state index contributed by atoms with van der Waals surface area (Å²) in [6.45, 7) is 2.88. The molecule has 0 heterocycles. The molecule has 0 unspecified atom stereocenters. The number of sulfonamides is 1. The highest BCUT2D eigenvalue weighted by atomic mass is 32.2. The minimum atomic E-state index is -4.96. The molecule has 1 rings (SSSR count). The van der Waals surface area contributed by atoms with Crippen molar-refractivity contribution in [3.05, 3.63) is 29.6 Å². The van der Waals surface area contributed by atoms with Crippen molar-refractivity contribution in [3.63, 3.8) is 0 Å². The molecule has 1 aromatic rings. The standard InChI is InChI=1S/C12H13F4NO4S/c1-6(2)10(11(18)19)17-22(20,21)7-3-4-8(9(13)5-7)12(14,15)16/h3-6,10,17H,1-2H3,(H,18,19)/t10-/m0/s1. The second-order valence-electron chi connectivity index (χ2n) is 4.82. The highest BCUT2D eigenvalue weighted by Gasteiger charge is 2.35. The largest absolute Gasteiger partial charge is 0.480 e. The monoisotopic (exact) mass is 343 g/mol. The summed E-state index contributed by atoms with van der Waals surface area (Å²) in [4.78, 5) is 10.2. The van der Waals surface area contributed by atoms with Crippen molar-refractivity contribution in [2.75, 3.05) is 0 Å². The molecule has 0 bridgehead atoms. The zero-order chi connectivity index (χ0) is 17.3. The maximum atomic E-state index is 13.4. The van der Waals surface area contributed by atoms with E-state index in [1.807, 2.05) is 4.72 Å². The zero-order valence-corrected chi connectivity index (χ0v) is 12.3. The van der Waals surface area contributed by atoms with Crippen LogP contribution in [0.25, 0.3) is 0 Å². The summed E-state index contributed by atoms with van der Waals surface area (Å²) in [5, 5.41) is 8.91.